The maximum Gasteiger partial charge on any atom is 0.271 e. The molecule has 0 bridgehead atoms. The number of hydrogen-bond donors (Lipinski definition) is 3. The SMILES string of the molecule is CCNC(=O)CCNC(=O)c1nc(N)ccc1Cl. The Bertz CT molecular complexity index is 451. The second-order valence-corrected chi connectivity index (χ2v) is 3.93. The zero-order valence-electron chi connectivity index (χ0n) is 10.00. The standard InChI is InChI=1S/C11H15ClN4O2/c1-2-14-9(17)5-6-15-11(18)10-7(12)3-4-8(13)16-10/h3-4H,2,5-6H2,1H3,(H2,13,16)(H,14,17)(H,15,18). The van der Waals surface area contributed by atoms with Crippen LogP contribution < -0.4 is 16.4 Å². The van der Waals surface area contributed by atoms with Gasteiger partial charge in [0.1, 0.15) is 11.5 Å². The highest BCUT2D eigenvalue weighted by Crippen LogP contribution is 2.14. The van der Waals surface area contributed by atoms with Gasteiger partial charge >= 0.3 is 0 Å². The molecule has 2 amide bonds. The van der Waals surface area contributed by atoms with E-state index in [4.69, 9.17) is 17.3 Å². The molecule has 0 unspecified atom stereocenters. The Kier molecular flexibility index (Phi) is 5.38. The Labute approximate surface area is 110 Å². The molecule has 1 heterocycles. The first-order chi connectivity index (χ1) is 8.54. The van der Waals surface area contributed by atoms with Gasteiger partial charge in [0.15, 0.2) is 0 Å². The third-order valence-corrected chi connectivity index (χ3v) is 2.40. The van der Waals surface area contributed by atoms with Crippen molar-refractivity contribution in [3.05, 3.63) is 22.8 Å². The number of aromatic nitrogens is 1. The fourth-order valence-corrected chi connectivity index (χ4v) is 1.47. The van der Waals surface area contributed by atoms with Gasteiger partial charge in [0.2, 0.25) is 5.91 Å². The minimum atomic E-state index is -0.448. The second kappa shape index (κ2) is 6.80. The maximum absolute atomic E-state index is 11.7. The first-order valence-corrected chi connectivity index (χ1v) is 5.89. The number of pyridine rings is 1. The number of rotatable bonds is 5. The summed E-state index contributed by atoms with van der Waals surface area (Å²) < 4.78 is 0. The van der Waals surface area contributed by atoms with Crippen LogP contribution in [0.2, 0.25) is 5.02 Å². The summed E-state index contributed by atoms with van der Waals surface area (Å²) in [6, 6.07) is 3.01. The van der Waals surface area contributed by atoms with Crippen LogP contribution in [0.1, 0.15) is 23.8 Å². The summed E-state index contributed by atoms with van der Waals surface area (Å²) in [5.74, 6) is -0.352. The highest BCUT2D eigenvalue weighted by Gasteiger charge is 2.12. The largest absolute Gasteiger partial charge is 0.384 e. The number of nitrogens with two attached hydrogens (primary N) is 1. The van der Waals surface area contributed by atoms with Crippen molar-refractivity contribution in [1.29, 1.82) is 0 Å². The average molecular weight is 271 g/mol. The van der Waals surface area contributed by atoms with Crippen LogP contribution >= 0.6 is 11.6 Å². The first-order valence-electron chi connectivity index (χ1n) is 5.51. The van der Waals surface area contributed by atoms with E-state index >= 15 is 0 Å². The number of nitrogens with zero attached hydrogens (tertiary/aromatic N) is 1. The number of nitrogens with one attached hydrogen (secondary N) is 2. The van der Waals surface area contributed by atoms with Crippen LogP contribution in [0.5, 0.6) is 0 Å². The lowest BCUT2D eigenvalue weighted by Gasteiger charge is -2.06. The smallest absolute Gasteiger partial charge is 0.271 e. The Morgan fingerprint density at radius 3 is 2.78 bits per heavy atom. The van der Waals surface area contributed by atoms with E-state index in [1.54, 1.807) is 0 Å². The zero-order chi connectivity index (χ0) is 13.5. The lowest BCUT2D eigenvalue weighted by atomic mass is 10.3. The molecule has 0 aromatic carbocycles. The summed E-state index contributed by atoms with van der Waals surface area (Å²) in [5, 5.41) is 5.40. The Morgan fingerprint density at radius 2 is 2.11 bits per heavy atom. The maximum atomic E-state index is 11.7. The van der Waals surface area contributed by atoms with Gasteiger partial charge in [-0.3, -0.25) is 9.59 Å². The van der Waals surface area contributed by atoms with Gasteiger partial charge < -0.3 is 16.4 Å². The van der Waals surface area contributed by atoms with E-state index in [1.165, 1.54) is 12.1 Å². The molecule has 1 aromatic heterocycles. The molecular formula is C11H15ClN4O2. The third kappa shape index (κ3) is 4.21. The van der Waals surface area contributed by atoms with E-state index in [0.29, 0.717) is 6.54 Å². The molecule has 0 saturated carbocycles. The summed E-state index contributed by atoms with van der Waals surface area (Å²) in [6.07, 6.45) is 0.208. The molecule has 0 aliphatic heterocycles. The molecule has 4 N–H and O–H groups in total. The Balaban J connectivity index is 2.50. The van der Waals surface area contributed by atoms with Crippen molar-refractivity contribution in [2.24, 2.45) is 0 Å². The fourth-order valence-electron chi connectivity index (χ4n) is 1.28. The van der Waals surface area contributed by atoms with E-state index in [-0.39, 0.29) is 35.4 Å². The van der Waals surface area contributed by atoms with Gasteiger partial charge in [-0.05, 0) is 19.1 Å². The lowest BCUT2D eigenvalue weighted by Crippen LogP contribution is -2.31. The van der Waals surface area contributed by atoms with Gasteiger partial charge in [-0.25, -0.2) is 4.98 Å². The molecule has 1 aromatic rings. The molecule has 0 fully saturated rings. The van der Waals surface area contributed by atoms with Crippen molar-refractivity contribution in [3.8, 4) is 0 Å². The molecule has 0 radical (unpaired) electrons. The van der Waals surface area contributed by atoms with E-state index < -0.39 is 5.91 Å². The molecule has 0 atom stereocenters. The number of carbonyl (C=O) groups is 2. The van der Waals surface area contributed by atoms with Crippen LogP contribution in [0.4, 0.5) is 5.82 Å². The molecule has 18 heavy (non-hydrogen) atoms. The van der Waals surface area contributed by atoms with Crippen molar-refractivity contribution in [2.45, 2.75) is 13.3 Å². The minimum absolute atomic E-state index is 0.0626. The number of amides is 2. The number of halogens is 1. The van der Waals surface area contributed by atoms with Crippen molar-refractivity contribution >= 4 is 29.2 Å². The predicted octanol–water partition coefficient (Wildman–Crippen LogP) is 0.573. The van der Waals surface area contributed by atoms with Crippen LogP contribution in [0.15, 0.2) is 12.1 Å². The number of carbonyl (C=O) groups excluding carboxylic acids is 2. The van der Waals surface area contributed by atoms with E-state index in [0.717, 1.165) is 0 Å². The van der Waals surface area contributed by atoms with Crippen molar-refractivity contribution in [2.75, 3.05) is 18.8 Å². The van der Waals surface area contributed by atoms with Crippen LogP contribution in [0.3, 0.4) is 0 Å². The number of hydrogen-bond acceptors (Lipinski definition) is 4. The van der Waals surface area contributed by atoms with E-state index in [2.05, 4.69) is 15.6 Å². The summed E-state index contributed by atoms with van der Waals surface area (Å²) >= 11 is 5.82. The van der Waals surface area contributed by atoms with Crippen LogP contribution in [0.25, 0.3) is 0 Å². The highest BCUT2D eigenvalue weighted by atomic mass is 35.5. The lowest BCUT2D eigenvalue weighted by molar-refractivity contribution is -0.120. The van der Waals surface area contributed by atoms with Gasteiger partial charge in [-0.15, -0.1) is 0 Å². The summed E-state index contributed by atoms with van der Waals surface area (Å²) in [7, 11) is 0. The van der Waals surface area contributed by atoms with Crippen LogP contribution in [-0.4, -0.2) is 29.9 Å². The zero-order valence-corrected chi connectivity index (χ0v) is 10.8. The molecule has 0 spiro atoms. The van der Waals surface area contributed by atoms with E-state index in [1.807, 2.05) is 6.92 Å². The first kappa shape index (κ1) is 14.2. The minimum Gasteiger partial charge on any atom is -0.384 e. The molecule has 0 aliphatic carbocycles. The van der Waals surface area contributed by atoms with Crippen LogP contribution in [-0.2, 0) is 4.79 Å². The molecule has 0 saturated heterocycles. The molecule has 98 valence electrons. The summed E-state index contributed by atoms with van der Waals surface area (Å²) in [5.41, 5.74) is 5.53. The number of anilines is 1. The van der Waals surface area contributed by atoms with Gasteiger partial charge in [0.25, 0.3) is 5.91 Å². The van der Waals surface area contributed by atoms with Crippen molar-refractivity contribution < 1.29 is 9.59 Å². The summed E-state index contributed by atoms with van der Waals surface area (Å²) in [6.45, 7) is 2.61. The quantitative estimate of drug-likeness (QED) is 0.729. The van der Waals surface area contributed by atoms with Crippen molar-refractivity contribution in [3.63, 3.8) is 0 Å². The van der Waals surface area contributed by atoms with Gasteiger partial charge in [0.05, 0.1) is 5.02 Å². The average Bonchev–Trinajstić information content (AvgIpc) is 2.32. The highest BCUT2D eigenvalue weighted by molar-refractivity contribution is 6.33. The van der Waals surface area contributed by atoms with Gasteiger partial charge in [-0.1, -0.05) is 11.6 Å². The molecule has 7 heteroatoms. The Morgan fingerprint density at radius 1 is 1.39 bits per heavy atom. The normalized spacial score (nSPS) is 9.89. The van der Waals surface area contributed by atoms with Gasteiger partial charge in [-0.2, -0.15) is 0 Å². The monoisotopic (exact) mass is 270 g/mol. The summed E-state index contributed by atoms with van der Waals surface area (Å²) in [4.78, 5) is 26.7. The van der Waals surface area contributed by atoms with E-state index in [9.17, 15) is 9.59 Å². The topological polar surface area (TPSA) is 97.1 Å². The molecule has 1 rings (SSSR count). The van der Waals surface area contributed by atoms with Crippen LogP contribution in [0, 0.1) is 0 Å². The number of nitrogen functional groups attached to an aromatic ring is 1. The third-order valence-electron chi connectivity index (χ3n) is 2.09. The molecular weight excluding hydrogens is 256 g/mol. The Hall–Kier alpha value is -1.82. The molecule has 0 aliphatic rings. The van der Waals surface area contributed by atoms with Crippen molar-refractivity contribution in [1.82, 2.24) is 15.6 Å². The molecule has 6 nitrogen and oxygen atoms in total. The fraction of sp³-hybridized carbons (Fsp3) is 0.364. The van der Waals surface area contributed by atoms with Gasteiger partial charge in [0, 0.05) is 19.5 Å². The second-order valence-electron chi connectivity index (χ2n) is 3.53. The predicted molar refractivity (Wildman–Crippen MR) is 69.3 cm³/mol.